The van der Waals surface area contributed by atoms with Crippen LogP contribution in [-0.2, 0) is 9.53 Å². The van der Waals surface area contributed by atoms with E-state index < -0.39 is 6.09 Å². The standard InChI is InChI=1S/C19H25NO6.C6H13N.CH4O/c1-4-9-26-19(23)20-16-12-18(17(24-3)11-15(16)13-21)25-10-7-5-6-8-14(2)22;1-7-5-3-2-4-6-7;1-2/h4,11-13H,1,5-10H2,2-3H3,(H,20,23);2-6H2,1H3;2H,1H3. The van der Waals surface area contributed by atoms with Crippen LogP contribution in [0.1, 0.15) is 62.2 Å². The summed E-state index contributed by atoms with van der Waals surface area (Å²) >= 11 is 0. The van der Waals surface area contributed by atoms with Crippen molar-refractivity contribution < 1.29 is 33.7 Å². The van der Waals surface area contributed by atoms with Crippen LogP contribution in [0.25, 0.3) is 0 Å². The van der Waals surface area contributed by atoms with Crippen LogP contribution in [0.3, 0.4) is 0 Å². The molecule has 0 bridgehead atoms. The zero-order valence-corrected chi connectivity index (χ0v) is 21.6. The second-order valence-corrected chi connectivity index (χ2v) is 7.95. The Balaban J connectivity index is 0.00000108. The van der Waals surface area contributed by atoms with Crippen LogP contribution in [0.4, 0.5) is 10.5 Å². The number of carbonyl (C=O) groups excluding carboxylic acids is 3. The van der Waals surface area contributed by atoms with Crippen LogP contribution in [0.15, 0.2) is 24.8 Å². The van der Waals surface area contributed by atoms with Crippen molar-refractivity contribution in [3.63, 3.8) is 0 Å². The molecule has 1 saturated heterocycles. The van der Waals surface area contributed by atoms with Gasteiger partial charge in [0, 0.05) is 25.2 Å². The molecule has 9 nitrogen and oxygen atoms in total. The zero-order chi connectivity index (χ0) is 26.5. The molecule has 1 heterocycles. The van der Waals surface area contributed by atoms with Gasteiger partial charge in [-0.3, -0.25) is 10.1 Å². The van der Waals surface area contributed by atoms with Crippen molar-refractivity contribution in [2.45, 2.75) is 51.9 Å². The van der Waals surface area contributed by atoms with Crippen molar-refractivity contribution in [3.05, 3.63) is 30.4 Å². The summed E-state index contributed by atoms with van der Waals surface area (Å²) in [5.74, 6) is 0.973. The molecule has 1 aromatic rings. The number of ether oxygens (including phenoxy) is 3. The van der Waals surface area contributed by atoms with Gasteiger partial charge in [-0.05, 0) is 65.2 Å². The summed E-state index contributed by atoms with van der Waals surface area (Å²) in [6.07, 6.45) is 8.65. The van der Waals surface area contributed by atoms with Crippen molar-refractivity contribution in [2.24, 2.45) is 0 Å². The lowest BCUT2D eigenvalue weighted by atomic mass is 10.1. The number of nitrogens with zero attached hydrogens (tertiary/aromatic N) is 1. The van der Waals surface area contributed by atoms with E-state index >= 15 is 0 Å². The molecule has 2 rings (SSSR count). The molecule has 35 heavy (non-hydrogen) atoms. The van der Waals surface area contributed by atoms with Crippen molar-refractivity contribution in [1.82, 2.24) is 4.90 Å². The van der Waals surface area contributed by atoms with Gasteiger partial charge in [-0.25, -0.2) is 4.79 Å². The number of methoxy groups -OCH3 is 1. The number of hydrogen-bond donors (Lipinski definition) is 2. The highest BCUT2D eigenvalue weighted by Crippen LogP contribution is 2.33. The van der Waals surface area contributed by atoms with E-state index in [0.29, 0.717) is 30.8 Å². The summed E-state index contributed by atoms with van der Waals surface area (Å²) in [6, 6.07) is 3.01. The van der Waals surface area contributed by atoms with Crippen LogP contribution >= 0.6 is 0 Å². The van der Waals surface area contributed by atoms with E-state index in [9.17, 15) is 14.4 Å². The monoisotopic (exact) mass is 494 g/mol. The Kier molecular flexibility index (Phi) is 18.8. The molecule has 0 unspecified atom stereocenters. The van der Waals surface area contributed by atoms with E-state index in [0.717, 1.165) is 26.4 Å². The molecule has 1 fully saturated rings. The smallest absolute Gasteiger partial charge is 0.411 e. The minimum Gasteiger partial charge on any atom is -0.493 e. The first-order valence-corrected chi connectivity index (χ1v) is 11.9. The number of aliphatic hydroxyl groups is 1. The second kappa shape index (κ2) is 20.5. The van der Waals surface area contributed by atoms with Crippen molar-refractivity contribution in [2.75, 3.05) is 52.9 Å². The molecule has 0 radical (unpaired) electrons. The topological polar surface area (TPSA) is 114 Å². The predicted molar refractivity (Wildman–Crippen MR) is 138 cm³/mol. The van der Waals surface area contributed by atoms with Gasteiger partial charge in [0.1, 0.15) is 12.4 Å². The van der Waals surface area contributed by atoms with Crippen LogP contribution in [-0.4, -0.2) is 75.7 Å². The zero-order valence-electron chi connectivity index (χ0n) is 21.6. The minimum atomic E-state index is -0.701. The molecule has 198 valence electrons. The van der Waals surface area contributed by atoms with Gasteiger partial charge in [0.15, 0.2) is 17.8 Å². The number of aldehydes is 1. The van der Waals surface area contributed by atoms with E-state index in [2.05, 4.69) is 23.8 Å². The highest BCUT2D eigenvalue weighted by molar-refractivity contribution is 5.94. The quantitative estimate of drug-likeness (QED) is 0.248. The van der Waals surface area contributed by atoms with E-state index in [-0.39, 0.29) is 23.6 Å². The van der Waals surface area contributed by atoms with E-state index in [1.54, 1.807) is 6.92 Å². The second-order valence-electron chi connectivity index (χ2n) is 7.95. The number of benzene rings is 1. The van der Waals surface area contributed by atoms with Crippen molar-refractivity contribution >= 4 is 23.9 Å². The summed E-state index contributed by atoms with van der Waals surface area (Å²) in [5.41, 5.74) is 0.507. The van der Waals surface area contributed by atoms with Gasteiger partial charge >= 0.3 is 6.09 Å². The number of anilines is 1. The third-order valence-electron chi connectivity index (χ3n) is 5.04. The molecule has 0 aromatic heterocycles. The molecule has 0 atom stereocenters. The number of amides is 1. The number of hydrogen-bond acceptors (Lipinski definition) is 8. The summed E-state index contributed by atoms with van der Waals surface area (Å²) in [4.78, 5) is 36.3. The maximum Gasteiger partial charge on any atom is 0.411 e. The fraction of sp³-hybridized carbons (Fsp3) is 0.577. The Morgan fingerprint density at radius 1 is 1.11 bits per heavy atom. The van der Waals surface area contributed by atoms with E-state index in [1.807, 2.05) is 0 Å². The third-order valence-corrected chi connectivity index (χ3v) is 5.04. The number of ketones is 1. The molecule has 1 aromatic carbocycles. The molecule has 1 amide bonds. The van der Waals surface area contributed by atoms with E-state index in [4.69, 9.17) is 19.3 Å². The summed E-state index contributed by atoms with van der Waals surface area (Å²) in [7, 11) is 4.66. The number of rotatable bonds is 12. The van der Waals surface area contributed by atoms with Crippen LogP contribution in [0.2, 0.25) is 0 Å². The molecule has 2 N–H and O–H groups in total. The Hall–Kier alpha value is -2.91. The van der Waals surface area contributed by atoms with Crippen LogP contribution in [0.5, 0.6) is 11.5 Å². The molecular weight excluding hydrogens is 452 g/mol. The normalized spacial score (nSPS) is 12.6. The first kappa shape index (κ1) is 32.1. The Morgan fingerprint density at radius 2 is 1.80 bits per heavy atom. The average Bonchev–Trinajstić information content (AvgIpc) is 2.86. The van der Waals surface area contributed by atoms with Gasteiger partial charge in [-0.2, -0.15) is 0 Å². The summed E-state index contributed by atoms with van der Waals surface area (Å²) in [5, 5.41) is 9.50. The Bertz CT molecular complexity index is 762. The van der Waals surface area contributed by atoms with Gasteiger partial charge in [-0.1, -0.05) is 19.1 Å². The number of likely N-dealkylation sites (tertiary alicyclic amines) is 1. The number of nitrogens with one attached hydrogen (secondary N) is 1. The van der Waals surface area contributed by atoms with E-state index in [1.165, 1.54) is 57.7 Å². The number of piperidine rings is 1. The van der Waals surface area contributed by atoms with Crippen LogP contribution < -0.4 is 14.8 Å². The summed E-state index contributed by atoms with van der Waals surface area (Å²) < 4.78 is 15.8. The molecule has 1 aliphatic rings. The number of Topliss-reactive ketones (excluding diaryl/α,β-unsaturated/α-hetero) is 1. The fourth-order valence-corrected chi connectivity index (χ4v) is 3.22. The number of aliphatic hydroxyl groups excluding tert-OH is 1. The highest BCUT2D eigenvalue weighted by Gasteiger charge is 2.14. The van der Waals surface area contributed by atoms with Crippen LogP contribution in [0, 0.1) is 0 Å². The third kappa shape index (κ3) is 14.9. The lowest BCUT2D eigenvalue weighted by molar-refractivity contribution is -0.117. The van der Waals surface area contributed by atoms with Gasteiger partial charge in [-0.15, -0.1) is 0 Å². The number of unbranched alkanes of at least 4 members (excludes halogenated alkanes) is 2. The lowest BCUT2D eigenvalue weighted by Gasteiger charge is -2.20. The van der Waals surface area contributed by atoms with Gasteiger partial charge in [0.05, 0.1) is 19.4 Å². The highest BCUT2D eigenvalue weighted by atomic mass is 16.5. The average molecular weight is 495 g/mol. The Labute approximate surface area is 209 Å². The fourth-order valence-electron chi connectivity index (χ4n) is 3.22. The maximum absolute atomic E-state index is 11.7. The molecule has 1 aliphatic heterocycles. The molecule has 0 spiro atoms. The van der Waals surface area contributed by atoms with Gasteiger partial charge in [0.25, 0.3) is 0 Å². The first-order valence-electron chi connectivity index (χ1n) is 11.9. The predicted octanol–water partition coefficient (Wildman–Crippen LogP) is 4.48. The minimum absolute atomic E-state index is 0.0576. The number of carbonyl (C=O) groups is 3. The molecule has 9 heteroatoms. The molecule has 0 saturated carbocycles. The SMILES string of the molecule is C=CCOC(=O)Nc1cc(OCCCCCC(C)=O)c(OC)cc1C=O.CN1CCCCC1.CO. The summed E-state index contributed by atoms with van der Waals surface area (Å²) in [6.45, 7) is 8.15. The van der Waals surface area contributed by atoms with Gasteiger partial charge in [0.2, 0.25) is 0 Å². The Morgan fingerprint density at radius 3 is 2.31 bits per heavy atom. The van der Waals surface area contributed by atoms with Gasteiger partial charge < -0.3 is 29.0 Å². The first-order chi connectivity index (χ1) is 16.9. The van der Waals surface area contributed by atoms with Crippen molar-refractivity contribution in [3.8, 4) is 11.5 Å². The molecular formula is C26H42N2O7. The van der Waals surface area contributed by atoms with Crippen molar-refractivity contribution in [1.29, 1.82) is 0 Å². The largest absolute Gasteiger partial charge is 0.493 e. The maximum atomic E-state index is 11.7. The molecule has 0 aliphatic carbocycles. The lowest BCUT2D eigenvalue weighted by Crippen LogP contribution is -2.24.